The molecule has 0 aliphatic carbocycles. The van der Waals surface area contributed by atoms with Gasteiger partial charge in [-0.1, -0.05) is 0 Å². The number of halogens is 2. The molecule has 6 nitrogen and oxygen atoms in total. The summed E-state index contributed by atoms with van der Waals surface area (Å²) in [6.07, 6.45) is 3.15. The number of nitrogens with one attached hydrogen (secondary N) is 1. The number of nitrogens with two attached hydrogens (primary N) is 1. The van der Waals surface area contributed by atoms with Gasteiger partial charge < -0.3 is 15.8 Å². The second kappa shape index (κ2) is 6.96. The van der Waals surface area contributed by atoms with Crippen molar-refractivity contribution in [1.29, 1.82) is 0 Å². The van der Waals surface area contributed by atoms with E-state index in [2.05, 4.69) is 16.0 Å². The van der Waals surface area contributed by atoms with E-state index in [1.807, 2.05) is 12.1 Å². The van der Waals surface area contributed by atoms with E-state index in [0.717, 1.165) is 12.0 Å². The molecule has 1 aromatic rings. The van der Waals surface area contributed by atoms with E-state index >= 15 is 0 Å². The van der Waals surface area contributed by atoms with Crippen LogP contribution in [-0.4, -0.2) is 29.8 Å². The zero-order valence-electron chi connectivity index (χ0n) is 11.7. The fourth-order valence-corrected chi connectivity index (χ4v) is 1.62. The third-order valence-electron chi connectivity index (χ3n) is 2.80. The lowest BCUT2D eigenvalue weighted by Gasteiger charge is -2.10. The van der Waals surface area contributed by atoms with E-state index in [9.17, 15) is 18.4 Å². The summed E-state index contributed by atoms with van der Waals surface area (Å²) < 4.78 is 27.8. The minimum atomic E-state index is -3.36. The first-order valence-electron chi connectivity index (χ1n) is 6.21. The summed E-state index contributed by atoms with van der Waals surface area (Å²) in [6.45, 7) is 0.454. The summed E-state index contributed by atoms with van der Waals surface area (Å²) in [5, 5.41) is 2.90. The zero-order valence-corrected chi connectivity index (χ0v) is 11.7. The van der Waals surface area contributed by atoms with E-state index in [1.54, 1.807) is 13.3 Å². The molecule has 1 aliphatic rings. The molecular weight excluding hydrogens is 284 g/mol. The molecule has 2 heterocycles. The first kappa shape index (κ1) is 16.8. The summed E-state index contributed by atoms with van der Waals surface area (Å²) in [4.78, 5) is 24.5. The number of amides is 2. The first-order chi connectivity index (χ1) is 9.74. The number of carbonyl (C=O) groups is 2. The molecule has 1 unspecified atom stereocenters. The van der Waals surface area contributed by atoms with Crippen molar-refractivity contribution in [2.24, 2.45) is 5.73 Å². The molecule has 8 heteroatoms. The number of carbonyl (C=O) groups excluding carboxylic acids is 2. The molecule has 2 rings (SSSR count). The zero-order chi connectivity index (χ0) is 16.0. The molecule has 1 aliphatic heterocycles. The monoisotopic (exact) mass is 301 g/mol. The molecule has 116 valence electrons. The predicted molar refractivity (Wildman–Crippen MR) is 70.7 cm³/mol. The molecule has 1 fully saturated rings. The number of hydrogen-bond acceptors (Lipinski definition) is 4. The van der Waals surface area contributed by atoms with Crippen molar-refractivity contribution in [3.05, 3.63) is 23.9 Å². The Balaban J connectivity index is 0.000000270. The van der Waals surface area contributed by atoms with E-state index in [4.69, 9.17) is 4.74 Å². The highest BCUT2D eigenvalue weighted by Gasteiger charge is 2.28. The average Bonchev–Trinajstić information content (AvgIpc) is 2.85. The van der Waals surface area contributed by atoms with Gasteiger partial charge in [0.25, 0.3) is 5.91 Å². The fourth-order valence-electron chi connectivity index (χ4n) is 1.62. The number of alkyl halides is 2. The van der Waals surface area contributed by atoms with Gasteiger partial charge in [0.15, 0.2) is 0 Å². The lowest BCUT2D eigenvalue weighted by atomic mass is 10.1. The minimum Gasteiger partial charge on any atom is -0.481 e. The third-order valence-corrected chi connectivity index (χ3v) is 2.80. The number of methoxy groups -OCH3 is 1. The van der Waals surface area contributed by atoms with Crippen LogP contribution in [0.3, 0.4) is 0 Å². The smallest absolute Gasteiger partial charge is 0.321 e. The Kier molecular flexibility index (Phi) is 5.57. The topological polar surface area (TPSA) is 94.3 Å². The number of primary amides is 1. The lowest BCUT2D eigenvalue weighted by Crippen LogP contribution is -2.31. The van der Waals surface area contributed by atoms with Crippen LogP contribution in [0.5, 0.6) is 5.88 Å². The predicted octanol–water partition coefficient (Wildman–Crippen LogP) is 1.17. The number of nitrogens with zero attached hydrogens (tertiary/aromatic N) is 1. The molecule has 0 bridgehead atoms. The molecule has 1 atom stereocenters. The number of ether oxygens (including phenoxy) is 1. The third kappa shape index (κ3) is 5.33. The van der Waals surface area contributed by atoms with Crippen LogP contribution in [0, 0.1) is 0 Å². The maximum Gasteiger partial charge on any atom is 0.321 e. The molecule has 3 N–H and O–H groups in total. The Hall–Kier alpha value is -2.25. The Morgan fingerprint density at radius 3 is 2.62 bits per heavy atom. The highest BCUT2D eigenvalue weighted by Crippen LogP contribution is 2.24. The van der Waals surface area contributed by atoms with Gasteiger partial charge in [0.1, 0.15) is 0 Å². The summed E-state index contributed by atoms with van der Waals surface area (Å²) >= 11 is 0. The molecule has 0 radical (unpaired) electrons. The van der Waals surface area contributed by atoms with E-state index in [1.165, 1.54) is 0 Å². The van der Waals surface area contributed by atoms with Crippen LogP contribution in [0.15, 0.2) is 18.3 Å². The summed E-state index contributed by atoms with van der Waals surface area (Å²) in [5.74, 6) is -4.25. The largest absolute Gasteiger partial charge is 0.481 e. The van der Waals surface area contributed by atoms with E-state index in [-0.39, 0.29) is 11.9 Å². The second-order valence-electron chi connectivity index (χ2n) is 4.54. The maximum atomic E-state index is 11.4. The molecule has 1 saturated heterocycles. The Morgan fingerprint density at radius 1 is 1.57 bits per heavy atom. The van der Waals surface area contributed by atoms with Crippen LogP contribution in [0.2, 0.25) is 0 Å². The number of rotatable bonds is 3. The van der Waals surface area contributed by atoms with Crippen molar-refractivity contribution in [3.63, 3.8) is 0 Å². The normalized spacial score (nSPS) is 17.5. The van der Waals surface area contributed by atoms with Gasteiger partial charge in [-0.15, -0.1) is 0 Å². The lowest BCUT2D eigenvalue weighted by molar-refractivity contribution is -0.139. The molecular formula is C13H17F2N3O3. The summed E-state index contributed by atoms with van der Waals surface area (Å²) in [5.41, 5.74) is 5.24. The van der Waals surface area contributed by atoms with Gasteiger partial charge in [0.2, 0.25) is 11.8 Å². The van der Waals surface area contributed by atoms with Crippen molar-refractivity contribution in [2.45, 2.75) is 31.7 Å². The van der Waals surface area contributed by atoms with Gasteiger partial charge >= 0.3 is 5.92 Å². The Bertz CT molecular complexity index is 518. The van der Waals surface area contributed by atoms with Crippen LogP contribution in [-0.2, 0) is 9.59 Å². The summed E-state index contributed by atoms with van der Waals surface area (Å²) in [7, 11) is 1.58. The number of pyridine rings is 1. The van der Waals surface area contributed by atoms with Crippen LogP contribution in [0.25, 0.3) is 0 Å². The Labute approximate surface area is 120 Å². The highest BCUT2D eigenvalue weighted by atomic mass is 19.3. The molecule has 2 amide bonds. The van der Waals surface area contributed by atoms with Crippen LogP contribution in [0.1, 0.15) is 31.4 Å². The SMILES string of the molecule is CC(F)(F)C(N)=O.COc1cc(C2CCC(=O)N2)ccn1. The molecule has 0 spiro atoms. The summed E-state index contributed by atoms with van der Waals surface area (Å²) in [6, 6.07) is 3.88. The second-order valence-corrected chi connectivity index (χ2v) is 4.54. The van der Waals surface area contributed by atoms with Gasteiger partial charge in [0.05, 0.1) is 13.2 Å². The minimum absolute atomic E-state index is 0.116. The van der Waals surface area contributed by atoms with E-state index < -0.39 is 11.8 Å². The van der Waals surface area contributed by atoms with Gasteiger partial charge in [-0.3, -0.25) is 9.59 Å². The van der Waals surface area contributed by atoms with Crippen molar-refractivity contribution in [3.8, 4) is 5.88 Å². The van der Waals surface area contributed by atoms with Gasteiger partial charge in [0, 0.05) is 25.6 Å². The van der Waals surface area contributed by atoms with E-state index in [0.29, 0.717) is 19.2 Å². The van der Waals surface area contributed by atoms with Gasteiger partial charge in [-0.25, -0.2) is 4.98 Å². The number of hydrogen-bond donors (Lipinski definition) is 2. The molecule has 0 aromatic carbocycles. The van der Waals surface area contributed by atoms with Crippen molar-refractivity contribution >= 4 is 11.8 Å². The quantitative estimate of drug-likeness (QED) is 0.876. The van der Waals surface area contributed by atoms with Crippen molar-refractivity contribution < 1.29 is 23.1 Å². The highest BCUT2D eigenvalue weighted by molar-refractivity contribution is 5.80. The average molecular weight is 301 g/mol. The van der Waals surface area contributed by atoms with Crippen molar-refractivity contribution in [1.82, 2.24) is 10.3 Å². The van der Waals surface area contributed by atoms with Crippen LogP contribution in [0.4, 0.5) is 8.78 Å². The first-order valence-corrected chi connectivity index (χ1v) is 6.21. The molecule has 0 saturated carbocycles. The fraction of sp³-hybridized carbons (Fsp3) is 0.462. The number of aromatic nitrogens is 1. The van der Waals surface area contributed by atoms with Gasteiger partial charge in [-0.2, -0.15) is 8.78 Å². The maximum absolute atomic E-state index is 11.4. The van der Waals surface area contributed by atoms with Crippen LogP contribution < -0.4 is 15.8 Å². The Morgan fingerprint density at radius 2 is 2.19 bits per heavy atom. The molecule has 21 heavy (non-hydrogen) atoms. The molecule has 1 aromatic heterocycles. The standard InChI is InChI=1S/C10H12N2O2.C3H5F2NO/c1-14-10-6-7(4-5-11-10)8-2-3-9(13)12-8;1-3(4,5)2(6)7/h4-6,8H,2-3H2,1H3,(H,12,13);1H3,(H2,6,7). The van der Waals surface area contributed by atoms with Crippen molar-refractivity contribution in [2.75, 3.05) is 7.11 Å². The van der Waals surface area contributed by atoms with Crippen LogP contribution >= 0.6 is 0 Å². The van der Waals surface area contributed by atoms with Gasteiger partial charge in [-0.05, 0) is 18.1 Å².